The van der Waals surface area contributed by atoms with E-state index in [1.165, 1.54) is 69.0 Å². The molecule has 0 fully saturated rings. The molecule has 12 aromatic rings. The van der Waals surface area contributed by atoms with Crippen molar-refractivity contribution < 1.29 is 0 Å². The van der Waals surface area contributed by atoms with Crippen LogP contribution in [-0.4, -0.2) is 15.0 Å². The second-order valence-corrected chi connectivity index (χ2v) is 16.2. The first-order valence-electron chi connectivity index (χ1n) is 19.9. The van der Waals surface area contributed by atoms with Crippen LogP contribution in [0.1, 0.15) is 0 Å². The molecule has 9 aromatic carbocycles. The zero-order valence-electron chi connectivity index (χ0n) is 31.8. The summed E-state index contributed by atoms with van der Waals surface area (Å²) in [6.45, 7) is 0. The topological polar surface area (TPSA) is 38.7 Å². The Morgan fingerprint density at radius 2 is 0.780 bits per heavy atom. The molecular weight excluding hydrogens is 735 g/mol. The Balaban J connectivity index is 0.995. The van der Waals surface area contributed by atoms with Crippen molar-refractivity contribution in [2.45, 2.75) is 0 Å². The highest BCUT2D eigenvalue weighted by atomic mass is 32.1. The molecule has 0 N–H and O–H groups in total. The maximum atomic E-state index is 5.42. The summed E-state index contributed by atoms with van der Waals surface area (Å²) in [7, 11) is 0. The van der Waals surface area contributed by atoms with Gasteiger partial charge < -0.3 is 0 Å². The highest BCUT2D eigenvalue weighted by molar-refractivity contribution is 7.26. The van der Waals surface area contributed by atoms with Crippen molar-refractivity contribution in [1.82, 2.24) is 15.0 Å². The van der Waals surface area contributed by atoms with E-state index in [0.717, 1.165) is 44.9 Å². The van der Waals surface area contributed by atoms with E-state index >= 15 is 0 Å². The maximum absolute atomic E-state index is 5.42. The molecule has 0 bridgehead atoms. The van der Waals surface area contributed by atoms with Crippen LogP contribution < -0.4 is 0 Å². The molecule has 59 heavy (non-hydrogen) atoms. The lowest BCUT2D eigenvalue weighted by Crippen LogP contribution is -1.96. The van der Waals surface area contributed by atoms with E-state index in [1.807, 2.05) is 47.7 Å². The van der Waals surface area contributed by atoms with E-state index in [0.29, 0.717) is 5.82 Å². The summed E-state index contributed by atoms with van der Waals surface area (Å²) >= 11 is 1.82. The average molecular weight is 768 g/mol. The van der Waals surface area contributed by atoms with Gasteiger partial charge in [-0.25, -0.2) is 15.0 Å². The fraction of sp³-hybridized carbons (Fsp3) is 0. The number of hydrogen-bond donors (Lipinski definition) is 0. The van der Waals surface area contributed by atoms with Gasteiger partial charge in [0.15, 0.2) is 5.82 Å². The lowest BCUT2D eigenvalue weighted by atomic mass is 9.91. The Bertz CT molecular complexity index is 3500. The summed E-state index contributed by atoms with van der Waals surface area (Å²) in [5.41, 5.74) is 10.3. The van der Waals surface area contributed by atoms with Crippen LogP contribution in [0.3, 0.4) is 0 Å². The van der Waals surface area contributed by atoms with Gasteiger partial charge >= 0.3 is 0 Å². The zero-order chi connectivity index (χ0) is 38.9. The van der Waals surface area contributed by atoms with E-state index in [9.17, 15) is 0 Å². The molecule has 0 saturated heterocycles. The molecule has 0 aliphatic carbocycles. The third kappa shape index (κ3) is 5.60. The minimum Gasteiger partial charge on any atom is -0.246 e. The van der Waals surface area contributed by atoms with Crippen LogP contribution in [-0.2, 0) is 0 Å². The molecule has 274 valence electrons. The predicted molar refractivity (Wildman–Crippen MR) is 250 cm³/mol. The van der Waals surface area contributed by atoms with Crippen LogP contribution >= 0.6 is 11.3 Å². The average Bonchev–Trinajstić information content (AvgIpc) is 3.72. The second kappa shape index (κ2) is 13.6. The molecular formula is C55H33N3S. The smallest absolute Gasteiger partial charge is 0.160 e. The molecule has 4 heteroatoms. The number of thiophene rings is 1. The minimum absolute atomic E-state index is 0.692. The summed E-state index contributed by atoms with van der Waals surface area (Å²) in [5, 5.41) is 11.4. The Hall–Kier alpha value is -7.53. The van der Waals surface area contributed by atoms with Gasteiger partial charge in [-0.05, 0) is 73.8 Å². The molecule has 12 rings (SSSR count). The summed E-state index contributed by atoms with van der Waals surface area (Å²) in [6, 6.07) is 71.4. The number of nitrogens with zero attached hydrogens (tertiary/aromatic N) is 3. The number of benzene rings is 9. The van der Waals surface area contributed by atoms with Gasteiger partial charge in [0.2, 0.25) is 0 Å². The van der Waals surface area contributed by atoms with E-state index in [1.54, 1.807) is 0 Å². The molecule has 0 aliphatic rings. The predicted octanol–water partition coefficient (Wildman–Crippen LogP) is 15.2. The highest BCUT2D eigenvalue weighted by Crippen LogP contribution is 2.44. The van der Waals surface area contributed by atoms with Gasteiger partial charge in [0, 0.05) is 43.1 Å². The van der Waals surface area contributed by atoms with Crippen molar-refractivity contribution in [2.24, 2.45) is 0 Å². The molecule has 3 heterocycles. The van der Waals surface area contributed by atoms with Gasteiger partial charge in [-0.3, -0.25) is 0 Å². The second-order valence-electron chi connectivity index (χ2n) is 15.1. The van der Waals surface area contributed by atoms with Gasteiger partial charge in [-0.15, -0.1) is 11.3 Å². The molecule has 0 radical (unpaired) electrons. The van der Waals surface area contributed by atoms with E-state index < -0.39 is 0 Å². The lowest BCUT2D eigenvalue weighted by Gasteiger charge is -2.13. The highest BCUT2D eigenvalue weighted by Gasteiger charge is 2.18. The normalized spacial score (nSPS) is 11.7. The Labute approximate surface area is 344 Å². The van der Waals surface area contributed by atoms with Gasteiger partial charge in [-0.2, -0.15) is 0 Å². The Morgan fingerprint density at radius 3 is 1.41 bits per heavy atom. The van der Waals surface area contributed by atoms with Crippen LogP contribution in [0.2, 0.25) is 0 Å². The van der Waals surface area contributed by atoms with E-state index in [2.05, 4.69) is 164 Å². The molecule has 0 atom stereocenters. The first-order valence-corrected chi connectivity index (χ1v) is 20.7. The molecule has 0 aliphatic heterocycles. The van der Waals surface area contributed by atoms with Gasteiger partial charge in [0.05, 0.1) is 27.3 Å². The van der Waals surface area contributed by atoms with Gasteiger partial charge in [0.25, 0.3) is 0 Å². The quantitative estimate of drug-likeness (QED) is 0.164. The van der Waals surface area contributed by atoms with Gasteiger partial charge in [-0.1, -0.05) is 170 Å². The Kier molecular flexibility index (Phi) is 7.72. The molecule has 3 nitrogen and oxygen atoms in total. The number of rotatable bonds is 5. The fourth-order valence-electron chi connectivity index (χ4n) is 8.81. The third-order valence-electron chi connectivity index (χ3n) is 11.7. The van der Waals surface area contributed by atoms with Crippen LogP contribution in [0.4, 0.5) is 0 Å². The van der Waals surface area contributed by atoms with Crippen molar-refractivity contribution in [2.75, 3.05) is 0 Å². The standard InChI is InChI=1S/C55H33N3S/c1-3-13-34(14-4-1)49-33-50(35-15-5-2-6-16-35)58-55(57-49)37-25-23-36(24-26-37)53-54-52(45-21-11-12-22-51(45)59-54)47-32-39(28-30-48(47)56-53)38-27-29-44-42-19-8-7-17-40(42)41-18-9-10-20-43(41)46(44)31-38/h1-33H. The van der Waals surface area contributed by atoms with Crippen LogP contribution in [0.25, 0.3) is 120 Å². The summed E-state index contributed by atoms with van der Waals surface area (Å²) in [5.74, 6) is 0.692. The molecule has 0 spiro atoms. The molecule has 0 saturated carbocycles. The van der Waals surface area contributed by atoms with Crippen LogP contribution in [0.15, 0.2) is 200 Å². The first-order chi connectivity index (χ1) is 29.2. The third-order valence-corrected chi connectivity index (χ3v) is 12.8. The van der Waals surface area contributed by atoms with E-state index in [4.69, 9.17) is 15.0 Å². The van der Waals surface area contributed by atoms with Crippen molar-refractivity contribution >= 4 is 74.7 Å². The van der Waals surface area contributed by atoms with Crippen LogP contribution in [0.5, 0.6) is 0 Å². The van der Waals surface area contributed by atoms with Gasteiger partial charge in [0.1, 0.15) is 0 Å². The molecule has 0 amide bonds. The van der Waals surface area contributed by atoms with Crippen molar-refractivity contribution in [3.8, 4) is 56.3 Å². The number of aromatic nitrogens is 3. The van der Waals surface area contributed by atoms with Crippen LogP contribution in [0, 0.1) is 0 Å². The lowest BCUT2D eigenvalue weighted by molar-refractivity contribution is 1.18. The fourth-order valence-corrected chi connectivity index (χ4v) is 10.0. The Morgan fingerprint density at radius 1 is 0.305 bits per heavy atom. The monoisotopic (exact) mass is 767 g/mol. The number of pyridine rings is 1. The van der Waals surface area contributed by atoms with Crippen molar-refractivity contribution in [3.05, 3.63) is 200 Å². The largest absolute Gasteiger partial charge is 0.246 e. The SMILES string of the molecule is c1ccc(-c2cc(-c3ccccc3)nc(-c3ccc(-c4nc5ccc(-c6ccc7c8ccccc8c8ccccc8c7c6)cc5c5c4sc4ccccc45)cc3)n2)cc1. The number of fused-ring (bicyclic) bond motifs is 11. The zero-order valence-corrected chi connectivity index (χ0v) is 32.6. The summed E-state index contributed by atoms with van der Waals surface area (Å²) < 4.78 is 2.44. The summed E-state index contributed by atoms with van der Waals surface area (Å²) in [6.07, 6.45) is 0. The van der Waals surface area contributed by atoms with Crippen molar-refractivity contribution in [1.29, 1.82) is 0 Å². The molecule has 0 unspecified atom stereocenters. The van der Waals surface area contributed by atoms with E-state index in [-0.39, 0.29) is 0 Å². The minimum atomic E-state index is 0.692. The number of hydrogen-bond acceptors (Lipinski definition) is 4. The summed E-state index contributed by atoms with van der Waals surface area (Å²) in [4.78, 5) is 15.6. The first kappa shape index (κ1) is 33.6. The molecule has 3 aromatic heterocycles. The van der Waals surface area contributed by atoms with Crippen molar-refractivity contribution in [3.63, 3.8) is 0 Å². The maximum Gasteiger partial charge on any atom is 0.160 e.